The molecule has 2 rings (SSSR count). The fraction of sp³-hybridized carbons (Fsp3) is 0.571. The van der Waals surface area contributed by atoms with E-state index in [9.17, 15) is 9.59 Å². The molecular formula is C14H21N3O3. The van der Waals surface area contributed by atoms with Gasteiger partial charge in [0.1, 0.15) is 0 Å². The minimum absolute atomic E-state index is 0.117. The zero-order valence-electron chi connectivity index (χ0n) is 11.8. The standard InChI is InChI=1S/C14H21N3O3/c1-16-11-12(3-4-13(16)18)14(19)15-5-2-6-17-7-9-20-10-8-17/h3-4,11H,2,5-10H2,1H3,(H,15,19). The summed E-state index contributed by atoms with van der Waals surface area (Å²) in [6.45, 7) is 5.13. The molecule has 1 aromatic heterocycles. The quantitative estimate of drug-likeness (QED) is 0.761. The Labute approximate surface area is 118 Å². The van der Waals surface area contributed by atoms with Crippen molar-refractivity contribution in [2.45, 2.75) is 6.42 Å². The number of aryl methyl sites for hydroxylation is 1. The second kappa shape index (κ2) is 7.21. The van der Waals surface area contributed by atoms with Gasteiger partial charge in [0.2, 0.25) is 5.56 Å². The van der Waals surface area contributed by atoms with E-state index < -0.39 is 0 Å². The van der Waals surface area contributed by atoms with Crippen LogP contribution in [0.5, 0.6) is 0 Å². The minimum Gasteiger partial charge on any atom is -0.379 e. The number of ether oxygens (including phenoxy) is 1. The second-order valence-electron chi connectivity index (χ2n) is 4.93. The first-order chi connectivity index (χ1) is 9.66. The van der Waals surface area contributed by atoms with Crippen molar-refractivity contribution in [1.82, 2.24) is 14.8 Å². The lowest BCUT2D eigenvalue weighted by atomic mass is 10.2. The first-order valence-electron chi connectivity index (χ1n) is 6.92. The number of morpholine rings is 1. The van der Waals surface area contributed by atoms with Gasteiger partial charge in [-0.1, -0.05) is 0 Å². The van der Waals surface area contributed by atoms with E-state index in [-0.39, 0.29) is 11.5 Å². The number of aromatic nitrogens is 1. The molecule has 1 aromatic rings. The van der Waals surface area contributed by atoms with Crippen molar-refractivity contribution in [3.8, 4) is 0 Å². The molecule has 0 aliphatic carbocycles. The van der Waals surface area contributed by atoms with Crippen LogP contribution in [0.1, 0.15) is 16.8 Å². The topological polar surface area (TPSA) is 63.6 Å². The molecule has 1 saturated heterocycles. The summed E-state index contributed by atoms with van der Waals surface area (Å²) in [5.41, 5.74) is 0.396. The van der Waals surface area contributed by atoms with E-state index in [4.69, 9.17) is 4.74 Å². The predicted octanol–water partition coefficient (Wildman–Crippen LogP) is -0.163. The Morgan fingerprint density at radius 3 is 2.80 bits per heavy atom. The lowest BCUT2D eigenvalue weighted by Gasteiger charge is -2.26. The van der Waals surface area contributed by atoms with Gasteiger partial charge >= 0.3 is 0 Å². The normalized spacial score (nSPS) is 16.1. The van der Waals surface area contributed by atoms with Crippen molar-refractivity contribution >= 4 is 5.91 Å². The zero-order valence-corrected chi connectivity index (χ0v) is 11.8. The fourth-order valence-corrected chi connectivity index (χ4v) is 2.16. The maximum absolute atomic E-state index is 11.9. The molecule has 6 heteroatoms. The van der Waals surface area contributed by atoms with E-state index in [2.05, 4.69) is 10.2 Å². The SMILES string of the molecule is Cn1cc(C(=O)NCCCN2CCOCC2)ccc1=O. The summed E-state index contributed by atoms with van der Waals surface area (Å²) in [5.74, 6) is -0.137. The lowest BCUT2D eigenvalue weighted by Crippen LogP contribution is -2.38. The van der Waals surface area contributed by atoms with E-state index in [1.165, 1.54) is 10.6 Å². The third-order valence-corrected chi connectivity index (χ3v) is 3.39. The van der Waals surface area contributed by atoms with Crippen LogP contribution in [0.4, 0.5) is 0 Å². The molecule has 0 spiro atoms. The van der Waals surface area contributed by atoms with Gasteiger partial charge in [0.15, 0.2) is 0 Å². The van der Waals surface area contributed by atoms with Crippen LogP contribution in [0, 0.1) is 0 Å². The number of hydrogen-bond acceptors (Lipinski definition) is 4. The highest BCUT2D eigenvalue weighted by Gasteiger charge is 2.10. The number of nitrogens with one attached hydrogen (secondary N) is 1. The maximum atomic E-state index is 11.9. The summed E-state index contributed by atoms with van der Waals surface area (Å²) in [4.78, 5) is 25.5. The third-order valence-electron chi connectivity index (χ3n) is 3.39. The van der Waals surface area contributed by atoms with Crippen molar-refractivity contribution in [1.29, 1.82) is 0 Å². The van der Waals surface area contributed by atoms with Crippen molar-refractivity contribution in [3.63, 3.8) is 0 Å². The molecule has 0 radical (unpaired) electrons. The van der Waals surface area contributed by atoms with Gasteiger partial charge in [0, 0.05) is 38.9 Å². The van der Waals surface area contributed by atoms with Crippen LogP contribution in [0.2, 0.25) is 0 Å². The molecule has 2 heterocycles. The first-order valence-corrected chi connectivity index (χ1v) is 6.92. The maximum Gasteiger partial charge on any atom is 0.252 e. The Bertz CT molecular complexity index is 507. The molecule has 0 aromatic carbocycles. The highest BCUT2D eigenvalue weighted by molar-refractivity contribution is 5.93. The van der Waals surface area contributed by atoms with Crippen molar-refractivity contribution < 1.29 is 9.53 Å². The molecule has 1 aliphatic heterocycles. The molecule has 0 unspecified atom stereocenters. The Morgan fingerprint density at radius 2 is 2.10 bits per heavy atom. The van der Waals surface area contributed by atoms with Gasteiger partial charge in [-0.2, -0.15) is 0 Å². The molecular weight excluding hydrogens is 258 g/mol. The Morgan fingerprint density at radius 1 is 1.35 bits per heavy atom. The molecule has 1 N–H and O–H groups in total. The number of amides is 1. The van der Waals surface area contributed by atoms with Crippen molar-refractivity contribution in [2.75, 3.05) is 39.4 Å². The van der Waals surface area contributed by atoms with E-state index >= 15 is 0 Å². The van der Waals surface area contributed by atoms with Crippen LogP contribution >= 0.6 is 0 Å². The Balaban J connectivity index is 1.71. The number of carbonyl (C=O) groups is 1. The summed E-state index contributed by atoms with van der Waals surface area (Å²) in [5, 5.41) is 2.87. The van der Waals surface area contributed by atoms with Crippen LogP contribution in [-0.4, -0.2) is 54.8 Å². The summed E-state index contributed by atoms with van der Waals surface area (Å²) in [6.07, 6.45) is 2.47. The van der Waals surface area contributed by atoms with Crippen molar-refractivity contribution in [3.05, 3.63) is 34.2 Å². The highest BCUT2D eigenvalue weighted by atomic mass is 16.5. The van der Waals surface area contributed by atoms with Crippen LogP contribution in [0.3, 0.4) is 0 Å². The van der Waals surface area contributed by atoms with Gasteiger partial charge in [0.25, 0.3) is 5.91 Å². The average Bonchev–Trinajstić information content (AvgIpc) is 2.47. The minimum atomic E-state index is -0.137. The number of hydrogen-bond donors (Lipinski definition) is 1. The third kappa shape index (κ3) is 4.18. The molecule has 0 bridgehead atoms. The summed E-state index contributed by atoms with van der Waals surface area (Å²) < 4.78 is 6.69. The van der Waals surface area contributed by atoms with Crippen LogP contribution in [0.25, 0.3) is 0 Å². The zero-order chi connectivity index (χ0) is 14.4. The number of rotatable bonds is 5. The highest BCUT2D eigenvalue weighted by Crippen LogP contribution is 1.98. The van der Waals surface area contributed by atoms with Gasteiger partial charge in [-0.3, -0.25) is 14.5 Å². The summed E-state index contributed by atoms with van der Waals surface area (Å²) >= 11 is 0. The van der Waals surface area contributed by atoms with Crippen LogP contribution < -0.4 is 10.9 Å². The van der Waals surface area contributed by atoms with Crippen LogP contribution in [0.15, 0.2) is 23.1 Å². The van der Waals surface area contributed by atoms with E-state index in [1.54, 1.807) is 19.3 Å². The Kier molecular flexibility index (Phi) is 5.31. The van der Waals surface area contributed by atoms with E-state index in [0.717, 1.165) is 39.3 Å². The van der Waals surface area contributed by atoms with E-state index in [0.29, 0.717) is 12.1 Å². The lowest BCUT2D eigenvalue weighted by molar-refractivity contribution is 0.0374. The Hall–Kier alpha value is -1.66. The second-order valence-corrected chi connectivity index (χ2v) is 4.93. The molecule has 20 heavy (non-hydrogen) atoms. The largest absolute Gasteiger partial charge is 0.379 e. The van der Waals surface area contributed by atoms with Crippen LogP contribution in [-0.2, 0) is 11.8 Å². The van der Waals surface area contributed by atoms with E-state index in [1.807, 2.05) is 0 Å². The smallest absolute Gasteiger partial charge is 0.252 e. The number of pyridine rings is 1. The fourth-order valence-electron chi connectivity index (χ4n) is 2.16. The molecule has 1 aliphatic rings. The van der Waals surface area contributed by atoms with Gasteiger partial charge in [-0.25, -0.2) is 0 Å². The molecule has 110 valence electrons. The summed E-state index contributed by atoms with van der Waals surface area (Å²) in [7, 11) is 1.64. The van der Waals surface area contributed by atoms with Gasteiger partial charge in [0.05, 0.1) is 18.8 Å². The van der Waals surface area contributed by atoms with Crippen molar-refractivity contribution in [2.24, 2.45) is 7.05 Å². The molecule has 0 saturated carbocycles. The molecule has 6 nitrogen and oxygen atoms in total. The van der Waals surface area contributed by atoms with Gasteiger partial charge in [-0.15, -0.1) is 0 Å². The molecule has 1 amide bonds. The average molecular weight is 279 g/mol. The summed E-state index contributed by atoms with van der Waals surface area (Å²) in [6, 6.07) is 2.96. The first kappa shape index (κ1) is 14.7. The predicted molar refractivity (Wildman–Crippen MR) is 75.9 cm³/mol. The number of nitrogens with zero attached hydrogens (tertiary/aromatic N) is 2. The number of carbonyl (C=O) groups excluding carboxylic acids is 1. The molecule has 1 fully saturated rings. The van der Waals surface area contributed by atoms with Gasteiger partial charge in [-0.05, 0) is 19.0 Å². The monoisotopic (exact) mass is 279 g/mol. The van der Waals surface area contributed by atoms with Gasteiger partial charge < -0.3 is 14.6 Å². The molecule has 0 atom stereocenters.